The fourth-order valence-corrected chi connectivity index (χ4v) is 2.50. The van der Waals surface area contributed by atoms with Crippen molar-refractivity contribution < 1.29 is 23.1 Å². The third kappa shape index (κ3) is 4.10. The highest BCUT2D eigenvalue weighted by Crippen LogP contribution is 2.22. The molecule has 1 heterocycles. The average molecular weight is 302 g/mol. The third-order valence-corrected chi connectivity index (χ3v) is 3.58. The van der Waals surface area contributed by atoms with Gasteiger partial charge in [0.25, 0.3) is 0 Å². The number of piperazine rings is 1. The molecule has 4 nitrogen and oxygen atoms in total. The molecule has 0 bridgehead atoms. The van der Waals surface area contributed by atoms with Gasteiger partial charge in [0, 0.05) is 31.9 Å². The van der Waals surface area contributed by atoms with Gasteiger partial charge in [-0.2, -0.15) is 13.2 Å². The Bertz CT molecular complexity index is 523. The van der Waals surface area contributed by atoms with Gasteiger partial charge in [-0.1, -0.05) is 0 Å². The van der Waals surface area contributed by atoms with Crippen LogP contribution < -0.4 is 4.90 Å². The van der Waals surface area contributed by atoms with Crippen LogP contribution in [0.4, 0.5) is 18.9 Å². The molecule has 1 aliphatic rings. The smallest absolute Gasteiger partial charge is 0.401 e. The van der Waals surface area contributed by atoms with Crippen LogP contribution in [0.2, 0.25) is 0 Å². The summed E-state index contributed by atoms with van der Waals surface area (Å²) >= 11 is 0. The Morgan fingerprint density at radius 1 is 1.24 bits per heavy atom. The van der Waals surface area contributed by atoms with Crippen molar-refractivity contribution in [2.75, 3.05) is 37.6 Å². The van der Waals surface area contributed by atoms with E-state index in [2.05, 4.69) is 0 Å². The molecule has 0 spiro atoms. The number of hydrogen-bond donors (Lipinski definition) is 1. The normalized spacial score (nSPS) is 17.0. The van der Waals surface area contributed by atoms with Gasteiger partial charge in [-0.3, -0.25) is 4.90 Å². The molecular formula is C14H17F3N2O2. The maximum atomic E-state index is 12.3. The van der Waals surface area contributed by atoms with Crippen molar-refractivity contribution in [1.29, 1.82) is 0 Å². The summed E-state index contributed by atoms with van der Waals surface area (Å²) < 4.78 is 37.0. The Labute approximate surface area is 120 Å². The highest BCUT2D eigenvalue weighted by atomic mass is 19.4. The number of hydrogen-bond acceptors (Lipinski definition) is 3. The zero-order valence-corrected chi connectivity index (χ0v) is 11.7. The Balaban J connectivity index is 1.99. The van der Waals surface area contributed by atoms with Crippen molar-refractivity contribution in [1.82, 2.24) is 4.90 Å². The molecule has 0 atom stereocenters. The van der Waals surface area contributed by atoms with Crippen molar-refractivity contribution >= 4 is 11.7 Å². The predicted octanol–water partition coefficient (Wildman–Crippen LogP) is 2.38. The van der Waals surface area contributed by atoms with E-state index in [0.29, 0.717) is 31.7 Å². The molecule has 21 heavy (non-hydrogen) atoms. The van der Waals surface area contributed by atoms with Crippen molar-refractivity contribution in [3.8, 4) is 0 Å². The monoisotopic (exact) mass is 302 g/mol. The van der Waals surface area contributed by atoms with Crippen LogP contribution in [0.3, 0.4) is 0 Å². The number of anilines is 1. The largest absolute Gasteiger partial charge is 0.478 e. The van der Waals surface area contributed by atoms with E-state index in [1.165, 1.54) is 11.0 Å². The highest BCUT2D eigenvalue weighted by Gasteiger charge is 2.32. The predicted molar refractivity (Wildman–Crippen MR) is 72.8 cm³/mol. The summed E-state index contributed by atoms with van der Waals surface area (Å²) in [6, 6.07) is 5.01. The van der Waals surface area contributed by atoms with Crippen LogP contribution in [0.15, 0.2) is 18.2 Å². The van der Waals surface area contributed by atoms with Crippen LogP contribution in [0, 0.1) is 6.92 Å². The fraction of sp³-hybridized carbons (Fsp3) is 0.500. The summed E-state index contributed by atoms with van der Waals surface area (Å²) in [5, 5.41) is 8.98. The van der Waals surface area contributed by atoms with Crippen LogP contribution in [-0.2, 0) is 0 Å². The molecule has 0 radical (unpaired) electrons. The Hall–Kier alpha value is -1.76. The molecule has 1 aliphatic heterocycles. The molecule has 0 saturated carbocycles. The molecule has 7 heteroatoms. The molecular weight excluding hydrogens is 285 g/mol. The quantitative estimate of drug-likeness (QED) is 0.931. The van der Waals surface area contributed by atoms with E-state index in [4.69, 9.17) is 5.11 Å². The second-order valence-electron chi connectivity index (χ2n) is 5.18. The molecule has 0 aliphatic carbocycles. The van der Waals surface area contributed by atoms with Crippen LogP contribution in [0.25, 0.3) is 0 Å². The molecule has 1 fully saturated rings. The summed E-state index contributed by atoms with van der Waals surface area (Å²) in [5.74, 6) is -0.978. The van der Waals surface area contributed by atoms with E-state index in [1.807, 2.05) is 4.90 Å². The number of halogens is 3. The van der Waals surface area contributed by atoms with Gasteiger partial charge in [-0.05, 0) is 30.7 Å². The number of benzene rings is 1. The topological polar surface area (TPSA) is 43.8 Å². The molecule has 2 rings (SSSR count). The Morgan fingerprint density at radius 3 is 2.33 bits per heavy atom. The van der Waals surface area contributed by atoms with Gasteiger partial charge >= 0.3 is 12.1 Å². The molecule has 1 N–H and O–H groups in total. The van der Waals surface area contributed by atoms with Gasteiger partial charge in [-0.25, -0.2) is 4.79 Å². The highest BCUT2D eigenvalue weighted by molar-refractivity contribution is 5.89. The Morgan fingerprint density at radius 2 is 1.86 bits per heavy atom. The minimum Gasteiger partial charge on any atom is -0.478 e. The van der Waals surface area contributed by atoms with Crippen molar-refractivity contribution in [3.63, 3.8) is 0 Å². The summed E-state index contributed by atoms with van der Waals surface area (Å²) in [6.45, 7) is 2.53. The molecule has 1 saturated heterocycles. The van der Waals surface area contributed by atoms with Crippen LogP contribution in [0.1, 0.15) is 15.9 Å². The molecule has 1 aromatic rings. The maximum absolute atomic E-state index is 12.3. The number of carbonyl (C=O) groups is 1. The van der Waals surface area contributed by atoms with Crippen molar-refractivity contribution in [2.24, 2.45) is 0 Å². The number of carboxylic acids is 1. The molecule has 1 aromatic carbocycles. The fourth-order valence-electron chi connectivity index (χ4n) is 2.50. The van der Waals surface area contributed by atoms with Gasteiger partial charge in [-0.15, -0.1) is 0 Å². The second kappa shape index (κ2) is 5.93. The Kier molecular flexibility index (Phi) is 4.41. The van der Waals surface area contributed by atoms with Gasteiger partial charge in [0.1, 0.15) is 0 Å². The lowest BCUT2D eigenvalue weighted by atomic mass is 10.1. The van der Waals surface area contributed by atoms with Crippen LogP contribution in [-0.4, -0.2) is 54.9 Å². The molecule has 0 amide bonds. The molecule has 0 aromatic heterocycles. The van der Waals surface area contributed by atoms with E-state index < -0.39 is 18.7 Å². The van der Waals surface area contributed by atoms with Gasteiger partial charge < -0.3 is 10.0 Å². The third-order valence-electron chi connectivity index (χ3n) is 3.58. The molecule has 0 unspecified atom stereocenters. The summed E-state index contributed by atoms with van der Waals surface area (Å²) in [6.07, 6.45) is -4.16. The maximum Gasteiger partial charge on any atom is 0.401 e. The van der Waals surface area contributed by atoms with Gasteiger partial charge in [0.15, 0.2) is 0 Å². The lowest BCUT2D eigenvalue weighted by molar-refractivity contribution is -0.146. The SMILES string of the molecule is Cc1cc(N2CCN(CC(F)(F)F)CC2)ccc1C(=O)O. The average Bonchev–Trinajstić information content (AvgIpc) is 2.37. The minimum atomic E-state index is -4.16. The molecule has 116 valence electrons. The van der Waals surface area contributed by atoms with E-state index in [0.717, 1.165) is 5.69 Å². The van der Waals surface area contributed by atoms with Crippen LogP contribution >= 0.6 is 0 Å². The first-order chi connectivity index (χ1) is 9.76. The van der Waals surface area contributed by atoms with E-state index in [-0.39, 0.29) is 5.56 Å². The summed E-state index contributed by atoms with van der Waals surface area (Å²) in [5.41, 5.74) is 1.75. The number of aryl methyl sites for hydroxylation is 1. The zero-order valence-electron chi connectivity index (χ0n) is 11.7. The number of nitrogens with zero attached hydrogens (tertiary/aromatic N) is 2. The first-order valence-electron chi connectivity index (χ1n) is 6.64. The number of carboxylic acid groups (broad SMARTS) is 1. The first kappa shape index (κ1) is 15.6. The van der Waals surface area contributed by atoms with Crippen LogP contribution in [0.5, 0.6) is 0 Å². The zero-order chi connectivity index (χ0) is 15.6. The van der Waals surface area contributed by atoms with Crippen molar-refractivity contribution in [3.05, 3.63) is 29.3 Å². The standard InChI is InChI=1S/C14H17F3N2O2/c1-10-8-11(2-3-12(10)13(20)21)19-6-4-18(5-7-19)9-14(15,16)17/h2-3,8H,4-7,9H2,1H3,(H,20,21). The van der Waals surface area contributed by atoms with Gasteiger partial charge in [0.2, 0.25) is 0 Å². The van der Waals surface area contributed by atoms with E-state index in [9.17, 15) is 18.0 Å². The van der Waals surface area contributed by atoms with Crippen molar-refractivity contribution in [2.45, 2.75) is 13.1 Å². The van der Waals surface area contributed by atoms with E-state index in [1.54, 1.807) is 19.1 Å². The lowest BCUT2D eigenvalue weighted by Crippen LogP contribution is -2.49. The van der Waals surface area contributed by atoms with Gasteiger partial charge in [0.05, 0.1) is 12.1 Å². The number of alkyl halides is 3. The second-order valence-corrected chi connectivity index (χ2v) is 5.18. The first-order valence-corrected chi connectivity index (χ1v) is 6.64. The summed E-state index contributed by atoms with van der Waals surface area (Å²) in [4.78, 5) is 14.3. The minimum absolute atomic E-state index is 0.245. The van der Waals surface area contributed by atoms with E-state index >= 15 is 0 Å². The number of aromatic carboxylic acids is 1. The lowest BCUT2D eigenvalue weighted by Gasteiger charge is -2.36. The number of rotatable bonds is 3. The summed E-state index contributed by atoms with van der Waals surface area (Å²) in [7, 11) is 0.